The van der Waals surface area contributed by atoms with Crippen LogP contribution in [-0.4, -0.2) is 48.0 Å². The minimum absolute atomic E-state index is 0.0830. The summed E-state index contributed by atoms with van der Waals surface area (Å²) in [4.78, 5) is 24.2. The number of hydrogen-bond donors (Lipinski definition) is 1. The molecule has 1 fully saturated rings. The van der Waals surface area contributed by atoms with E-state index in [4.69, 9.17) is 5.11 Å². The van der Waals surface area contributed by atoms with E-state index in [9.17, 15) is 18.0 Å². The summed E-state index contributed by atoms with van der Waals surface area (Å²) in [6.07, 6.45) is 0.907. The van der Waals surface area contributed by atoms with Crippen LogP contribution in [0.4, 0.5) is 0 Å². The summed E-state index contributed by atoms with van der Waals surface area (Å²) in [6.45, 7) is 0. The fourth-order valence-corrected chi connectivity index (χ4v) is 3.94. The molecule has 1 unspecified atom stereocenters. The Kier molecular flexibility index (Phi) is 4.69. The summed E-state index contributed by atoms with van der Waals surface area (Å²) >= 11 is 1.32. The lowest BCUT2D eigenvalue weighted by atomic mass is 10.3. The highest BCUT2D eigenvalue weighted by Crippen LogP contribution is 2.21. The first kappa shape index (κ1) is 15.6. The highest BCUT2D eigenvalue weighted by atomic mass is 32.2. The molecule has 112 valence electrons. The average Bonchev–Trinajstić information content (AvgIpc) is 2.95. The van der Waals surface area contributed by atoms with Gasteiger partial charge in [-0.15, -0.1) is 11.8 Å². The third-order valence-electron chi connectivity index (χ3n) is 2.91. The molecule has 1 aromatic rings. The first-order valence-corrected chi connectivity index (χ1v) is 8.71. The smallest absolute Gasteiger partial charge is 0.327 e. The van der Waals surface area contributed by atoms with Gasteiger partial charge in [0.15, 0.2) is 9.84 Å². The fourth-order valence-electron chi connectivity index (χ4n) is 1.80. The summed E-state index contributed by atoms with van der Waals surface area (Å²) < 4.78 is 24.0. The lowest BCUT2D eigenvalue weighted by Crippen LogP contribution is -2.40. The van der Waals surface area contributed by atoms with Crippen LogP contribution < -0.4 is 0 Å². The summed E-state index contributed by atoms with van der Waals surface area (Å²) in [5.74, 6) is -1.16. The molecule has 21 heavy (non-hydrogen) atoms. The molecule has 6 nitrogen and oxygen atoms in total. The van der Waals surface area contributed by atoms with E-state index < -0.39 is 27.8 Å². The van der Waals surface area contributed by atoms with Crippen LogP contribution in [0.2, 0.25) is 0 Å². The third kappa shape index (κ3) is 3.64. The maximum absolute atomic E-state index is 12.0. The molecule has 0 bridgehead atoms. The molecule has 1 N–H and O–H groups in total. The van der Waals surface area contributed by atoms with E-state index in [2.05, 4.69) is 0 Å². The second-order valence-corrected chi connectivity index (χ2v) is 7.16. The van der Waals surface area contributed by atoms with Crippen LogP contribution in [0.25, 0.3) is 0 Å². The Morgan fingerprint density at radius 1 is 1.29 bits per heavy atom. The van der Waals surface area contributed by atoms with Crippen molar-refractivity contribution < 1.29 is 23.1 Å². The molecule has 1 aromatic carbocycles. The molecule has 1 aliphatic heterocycles. The van der Waals surface area contributed by atoms with Crippen LogP contribution in [0.3, 0.4) is 0 Å². The van der Waals surface area contributed by atoms with Crippen molar-refractivity contribution in [2.75, 3.05) is 11.6 Å². The Hall–Kier alpha value is -1.80. The maximum atomic E-state index is 12.0. The predicted molar refractivity (Wildman–Crippen MR) is 78.4 cm³/mol. The molecule has 2 rings (SSSR count). The molecule has 1 atom stereocenters. The molecular formula is C13H13NO5S2. The SMILES string of the molecule is O=C(O)C1CSCN1C(=O)/C=C/S(=O)(=O)c1ccccc1. The van der Waals surface area contributed by atoms with Crippen LogP contribution in [0, 0.1) is 0 Å². The molecule has 0 radical (unpaired) electrons. The minimum Gasteiger partial charge on any atom is -0.480 e. The Labute approximate surface area is 126 Å². The number of sulfone groups is 1. The molecule has 1 amide bonds. The van der Waals surface area contributed by atoms with Gasteiger partial charge in [0.25, 0.3) is 0 Å². The van der Waals surface area contributed by atoms with Gasteiger partial charge in [0, 0.05) is 17.2 Å². The van der Waals surface area contributed by atoms with Crippen LogP contribution in [-0.2, 0) is 19.4 Å². The Balaban J connectivity index is 2.14. The molecule has 0 spiro atoms. The Bertz CT molecular complexity index is 669. The predicted octanol–water partition coefficient (Wildman–Crippen LogP) is 0.960. The average molecular weight is 327 g/mol. The third-order valence-corrected chi connectivity index (χ3v) is 5.35. The van der Waals surface area contributed by atoms with E-state index in [1.54, 1.807) is 18.2 Å². The van der Waals surface area contributed by atoms with Gasteiger partial charge >= 0.3 is 5.97 Å². The van der Waals surface area contributed by atoms with Gasteiger partial charge < -0.3 is 10.0 Å². The Morgan fingerprint density at radius 2 is 1.95 bits per heavy atom. The van der Waals surface area contributed by atoms with Gasteiger partial charge in [0.1, 0.15) is 6.04 Å². The van der Waals surface area contributed by atoms with Crippen LogP contribution in [0.15, 0.2) is 46.7 Å². The molecule has 1 heterocycles. The number of carbonyl (C=O) groups is 2. The van der Waals surface area contributed by atoms with E-state index in [1.807, 2.05) is 0 Å². The van der Waals surface area contributed by atoms with Crippen molar-refractivity contribution in [1.82, 2.24) is 4.90 Å². The first-order valence-electron chi connectivity index (χ1n) is 6.01. The lowest BCUT2D eigenvalue weighted by molar-refractivity contribution is -0.146. The molecule has 0 aromatic heterocycles. The normalized spacial score (nSPS) is 19.0. The highest BCUT2D eigenvalue weighted by Gasteiger charge is 2.33. The number of thioether (sulfide) groups is 1. The number of benzene rings is 1. The standard InChI is InChI=1S/C13H13NO5S2/c15-12(14-9-20-8-11(14)13(16)17)6-7-21(18,19)10-4-2-1-3-5-10/h1-7,11H,8-9H2,(H,16,17)/b7-6+. The topological polar surface area (TPSA) is 91.8 Å². The van der Waals surface area contributed by atoms with Crippen molar-refractivity contribution >= 4 is 33.5 Å². The second-order valence-electron chi connectivity index (χ2n) is 4.32. The quantitative estimate of drug-likeness (QED) is 0.828. The first-order chi connectivity index (χ1) is 9.92. The van der Waals surface area contributed by atoms with Gasteiger partial charge in [0.2, 0.25) is 5.91 Å². The van der Waals surface area contributed by atoms with E-state index >= 15 is 0 Å². The molecule has 1 saturated heterocycles. The number of rotatable bonds is 4. The van der Waals surface area contributed by atoms with E-state index in [0.717, 1.165) is 16.4 Å². The molecule has 0 aliphatic carbocycles. The van der Waals surface area contributed by atoms with Crippen molar-refractivity contribution in [3.8, 4) is 0 Å². The molecular weight excluding hydrogens is 314 g/mol. The number of hydrogen-bond acceptors (Lipinski definition) is 5. The zero-order valence-electron chi connectivity index (χ0n) is 10.9. The summed E-state index contributed by atoms with van der Waals surface area (Å²) in [7, 11) is -3.70. The zero-order chi connectivity index (χ0) is 15.5. The maximum Gasteiger partial charge on any atom is 0.327 e. The van der Waals surface area contributed by atoms with E-state index in [-0.39, 0.29) is 10.8 Å². The van der Waals surface area contributed by atoms with Crippen molar-refractivity contribution in [3.63, 3.8) is 0 Å². The second kappa shape index (κ2) is 6.31. The zero-order valence-corrected chi connectivity index (χ0v) is 12.5. The number of carboxylic acids is 1. The van der Waals surface area contributed by atoms with E-state index in [1.165, 1.54) is 23.9 Å². The Morgan fingerprint density at radius 3 is 2.57 bits per heavy atom. The summed E-state index contributed by atoms with van der Waals surface area (Å²) in [5, 5.41) is 9.80. The van der Waals surface area contributed by atoms with Crippen molar-refractivity contribution in [1.29, 1.82) is 0 Å². The lowest BCUT2D eigenvalue weighted by Gasteiger charge is -2.18. The highest BCUT2D eigenvalue weighted by molar-refractivity contribution is 7.99. The van der Waals surface area contributed by atoms with Gasteiger partial charge in [-0.2, -0.15) is 0 Å². The van der Waals surface area contributed by atoms with Crippen LogP contribution in [0.5, 0.6) is 0 Å². The van der Waals surface area contributed by atoms with Crippen molar-refractivity contribution in [2.24, 2.45) is 0 Å². The van der Waals surface area contributed by atoms with Gasteiger partial charge in [-0.05, 0) is 12.1 Å². The monoisotopic (exact) mass is 327 g/mol. The number of carboxylic acid groups (broad SMARTS) is 1. The molecule has 1 aliphatic rings. The van der Waals surface area contributed by atoms with Crippen LogP contribution >= 0.6 is 11.8 Å². The van der Waals surface area contributed by atoms with Gasteiger partial charge in [-0.25, -0.2) is 13.2 Å². The fraction of sp³-hybridized carbons (Fsp3) is 0.231. The number of aliphatic carboxylic acids is 1. The summed E-state index contributed by atoms with van der Waals surface area (Å²) in [6, 6.07) is 6.80. The van der Waals surface area contributed by atoms with Gasteiger partial charge in [-0.1, -0.05) is 18.2 Å². The molecule has 0 saturated carbocycles. The number of carbonyl (C=O) groups excluding carboxylic acids is 1. The molecule has 8 heteroatoms. The van der Waals surface area contributed by atoms with Gasteiger partial charge in [-0.3, -0.25) is 4.79 Å². The number of amides is 1. The largest absolute Gasteiger partial charge is 0.480 e. The van der Waals surface area contributed by atoms with Gasteiger partial charge in [0.05, 0.1) is 10.8 Å². The van der Waals surface area contributed by atoms with Crippen LogP contribution in [0.1, 0.15) is 0 Å². The summed E-state index contributed by atoms with van der Waals surface area (Å²) in [5.41, 5.74) is 0. The minimum atomic E-state index is -3.70. The van der Waals surface area contributed by atoms with Crippen molar-refractivity contribution in [3.05, 3.63) is 41.8 Å². The number of nitrogens with zero attached hydrogens (tertiary/aromatic N) is 1. The van der Waals surface area contributed by atoms with E-state index in [0.29, 0.717) is 5.75 Å². The van der Waals surface area contributed by atoms with Crippen molar-refractivity contribution in [2.45, 2.75) is 10.9 Å².